The molecule has 3 N–H and O–H groups in total. The molecule has 17 heavy (non-hydrogen) atoms. The van der Waals surface area contributed by atoms with Crippen LogP contribution < -0.4 is 11.1 Å². The molecule has 0 saturated carbocycles. The molecular weight excluding hydrogens is 278 g/mol. The van der Waals surface area contributed by atoms with Crippen molar-refractivity contribution < 1.29 is 0 Å². The molecular formula is C13H20BrN3. The molecule has 3 nitrogen and oxygen atoms in total. The van der Waals surface area contributed by atoms with E-state index >= 15 is 0 Å². The Morgan fingerprint density at radius 1 is 1.53 bits per heavy atom. The number of rotatable bonds is 3. The van der Waals surface area contributed by atoms with Crippen molar-refractivity contribution in [1.82, 2.24) is 10.2 Å². The third-order valence-electron chi connectivity index (χ3n) is 3.48. The van der Waals surface area contributed by atoms with Crippen LogP contribution >= 0.6 is 15.9 Å². The Hall–Kier alpha value is -0.420. The van der Waals surface area contributed by atoms with Crippen LogP contribution in [0.15, 0.2) is 28.7 Å². The van der Waals surface area contributed by atoms with Crippen LogP contribution in [0.5, 0.6) is 0 Å². The minimum Gasteiger partial charge on any atom is -0.324 e. The highest BCUT2D eigenvalue weighted by molar-refractivity contribution is 9.10. The average Bonchev–Trinajstić information content (AvgIpc) is 2.32. The minimum atomic E-state index is 0.0953. The molecule has 0 spiro atoms. The van der Waals surface area contributed by atoms with E-state index in [0.29, 0.717) is 6.04 Å². The zero-order chi connectivity index (χ0) is 12.3. The van der Waals surface area contributed by atoms with Crippen LogP contribution in [0.2, 0.25) is 0 Å². The molecule has 2 rings (SSSR count). The number of benzene rings is 1. The predicted octanol–water partition coefficient (Wildman–Crippen LogP) is 1.74. The van der Waals surface area contributed by atoms with E-state index in [0.717, 1.165) is 30.5 Å². The molecule has 2 unspecified atom stereocenters. The van der Waals surface area contributed by atoms with E-state index in [1.807, 2.05) is 12.1 Å². The highest BCUT2D eigenvalue weighted by atomic mass is 79.9. The van der Waals surface area contributed by atoms with Crippen LogP contribution in [-0.4, -0.2) is 37.6 Å². The van der Waals surface area contributed by atoms with Gasteiger partial charge in [0.15, 0.2) is 0 Å². The lowest BCUT2D eigenvalue weighted by Crippen LogP contribution is -2.50. The normalized spacial score (nSPS) is 23.6. The molecule has 1 aliphatic rings. The van der Waals surface area contributed by atoms with Crippen molar-refractivity contribution in [3.8, 4) is 0 Å². The minimum absolute atomic E-state index is 0.0953. The monoisotopic (exact) mass is 297 g/mol. The second-order valence-electron chi connectivity index (χ2n) is 4.70. The highest BCUT2D eigenvalue weighted by Gasteiger charge is 2.22. The van der Waals surface area contributed by atoms with Gasteiger partial charge in [-0.05, 0) is 25.1 Å². The molecule has 1 aromatic carbocycles. The fourth-order valence-corrected chi connectivity index (χ4v) is 2.90. The molecule has 94 valence electrons. The number of nitrogens with one attached hydrogen (secondary N) is 1. The largest absolute Gasteiger partial charge is 0.324 e. The number of hydrogen-bond donors (Lipinski definition) is 2. The van der Waals surface area contributed by atoms with Crippen LogP contribution in [0.3, 0.4) is 0 Å². The lowest BCUT2D eigenvalue weighted by Gasteiger charge is -2.34. The Bertz CT molecular complexity index is 369. The Morgan fingerprint density at radius 3 is 3.00 bits per heavy atom. The fourth-order valence-electron chi connectivity index (χ4n) is 2.32. The maximum Gasteiger partial charge on any atom is 0.0321 e. The molecule has 1 fully saturated rings. The van der Waals surface area contributed by atoms with Crippen LogP contribution in [0.1, 0.15) is 18.0 Å². The third kappa shape index (κ3) is 3.28. The van der Waals surface area contributed by atoms with Gasteiger partial charge in [0.05, 0.1) is 0 Å². The van der Waals surface area contributed by atoms with Gasteiger partial charge in [-0.15, -0.1) is 0 Å². The number of halogens is 1. The predicted molar refractivity (Wildman–Crippen MR) is 75.0 cm³/mol. The van der Waals surface area contributed by atoms with E-state index in [2.05, 4.69) is 45.3 Å². The third-order valence-corrected chi connectivity index (χ3v) is 4.20. The fraction of sp³-hybridized carbons (Fsp3) is 0.538. The Balaban J connectivity index is 2.01. The summed E-state index contributed by atoms with van der Waals surface area (Å²) in [4.78, 5) is 2.40. The van der Waals surface area contributed by atoms with Gasteiger partial charge in [-0.25, -0.2) is 0 Å². The van der Waals surface area contributed by atoms with Crippen molar-refractivity contribution in [1.29, 1.82) is 0 Å². The van der Waals surface area contributed by atoms with Gasteiger partial charge < -0.3 is 16.0 Å². The first-order chi connectivity index (χ1) is 8.18. The van der Waals surface area contributed by atoms with Gasteiger partial charge in [-0.2, -0.15) is 0 Å². The molecule has 0 radical (unpaired) electrons. The lowest BCUT2D eigenvalue weighted by molar-refractivity contribution is 0.182. The summed E-state index contributed by atoms with van der Waals surface area (Å²) < 4.78 is 1.11. The van der Waals surface area contributed by atoms with Crippen molar-refractivity contribution in [2.24, 2.45) is 5.73 Å². The molecule has 1 aromatic rings. The van der Waals surface area contributed by atoms with Crippen molar-refractivity contribution in [3.05, 3.63) is 34.3 Å². The van der Waals surface area contributed by atoms with E-state index in [-0.39, 0.29) is 6.04 Å². The summed E-state index contributed by atoms with van der Waals surface area (Å²) in [6.45, 7) is 3.22. The van der Waals surface area contributed by atoms with Crippen molar-refractivity contribution >= 4 is 15.9 Å². The lowest BCUT2D eigenvalue weighted by atomic mass is 9.98. The topological polar surface area (TPSA) is 41.3 Å². The molecule has 4 heteroatoms. The summed E-state index contributed by atoms with van der Waals surface area (Å²) in [5.41, 5.74) is 7.50. The summed E-state index contributed by atoms with van der Waals surface area (Å²) in [6.07, 6.45) is 0.992. The summed E-state index contributed by atoms with van der Waals surface area (Å²) in [7, 11) is 2.18. The molecule has 1 saturated heterocycles. The Labute approximate surface area is 111 Å². The van der Waals surface area contributed by atoms with E-state index < -0.39 is 0 Å². The Morgan fingerprint density at radius 2 is 2.29 bits per heavy atom. The average molecular weight is 298 g/mol. The van der Waals surface area contributed by atoms with Crippen LogP contribution in [0.4, 0.5) is 0 Å². The standard InChI is InChI=1S/C13H20BrN3/c1-17-7-6-16-9-10(17)8-13(15)11-4-2-3-5-12(11)14/h2-5,10,13,16H,6-9,15H2,1H3. The van der Waals surface area contributed by atoms with E-state index in [1.165, 1.54) is 5.56 Å². The number of nitrogens with zero attached hydrogens (tertiary/aromatic N) is 1. The second-order valence-corrected chi connectivity index (χ2v) is 5.56. The maximum absolute atomic E-state index is 6.30. The van der Waals surface area contributed by atoms with Crippen molar-refractivity contribution in [3.63, 3.8) is 0 Å². The molecule has 0 aliphatic carbocycles. The second kappa shape index (κ2) is 5.96. The summed E-state index contributed by atoms with van der Waals surface area (Å²) >= 11 is 3.57. The molecule has 1 aliphatic heterocycles. The quantitative estimate of drug-likeness (QED) is 0.893. The molecule has 0 bridgehead atoms. The number of likely N-dealkylation sites (N-methyl/N-ethyl adjacent to an activating group) is 1. The van der Waals surface area contributed by atoms with Gasteiger partial charge in [-0.1, -0.05) is 34.1 Å². The van der Waals surface area contributed by atoms with Gasteiger partial charge in [0, 0.05) is 36.2 Å². The maximum atomic E-state index is 6.30. The molecule has 1 heterocycles. The van der Waals surface area contributed by atoms with E-state index in [1.54, 1.807) is 0 Å². The molecule has 0 aromatic heterocycles. The van der Waals surface area contributed by atoms with E-state index in [9.17, 15) is 0 Å². The van der Waals surface area contributed by atoms with Gasteiger partial charge in [0.25, 0.3) is 0 Å². The zero-order valence-corrected chi connectivity index (χ0v) is 11.8. The zero-order valence-electron chi connectivity index (χ0n) is 10.2. The van der Waals surface area contributed by atoms with Gasteiger partial charge >= 0.3 is 0 Å². The SMILES string of the molecule is CN1CCNCC1CC(N)c1ccccc1Br. The van der Waals surface area contributed by atoms with Gasteiger partial charge in [0.2, 0.25) is 0 Å². The number of hydrogen-bond acceptors (Lipinski definition) is 3. The van der Waals surface area contributed by atoms with Crippen LogP contribution in [0, 0.1) is 0 Å². The summed E-state index contributed by atoms with van der Waals surface area (Å²) in [5, 5.41) is 3.43. The first kappa shape index (κ1) is 13.0. The first-order valence-electron chi connectivity index (χ1n) is 6.09. The van der Waals surface area contributed by atoms with Crippen molar-refractivity contribution in [2.75, 3.05) is 26.7 Å². The molecule has 0 amide bonds. The summed E-state index contributed by atoms with van der Waals surface area (Å²) in [6, 6.07) is 8.85. The van der Waals surface area contributed by atoms with Gasteiger partial charge in [0.1, 0.15) is 0 Å². The van der Waals surface area contributed by atoms with Crippen LogP contribution in [-0.2, 0) is 0 Å². The number of piperazine rings is 1. The van der Waals surface area contributed by atoms with E-state index in [4.69, 9.17) is 5.73 Å². The number of nitrogens with two attached hydrogens (primary N) is 1. The first-order valence-corrected chi connectivity index (χ1v) is 6.88. The Kier molecular flexibility index (Phi) is 4.56. The van der Waals surface area contributed by atoms with Crippen LogP contribution in [0.25, 0.3) is 0 Å². The summed E-state index contributed by atoms with van der Waals surface area (Å²) in [5.74, 6) is 0. The smallest absolute Gasteiger partial charge is 0.0321 e. The van der Waals surface area contributed by atoms with Gasteiger partial charge in [-0.3, -0.25) is 0 Å². The van der Waals surface area contributed by atoms with Crippen molar-refractivity contribution in [2.45, 2.75) is 18.5 Å². The molecule has 2 atom stereocenters. The highest BCUT2D eigenvalue weighted by Crippen LogP contribution is 2.25.